The van der Waals surface area contributed by atoms with Gasteiger partial charge in [0.05, 0.1) is 18.7 Å². The van der Waals surface area contributed by atoms with Crippen LogP contribution in [0.15, 0.2) is 18.2 Å². The molecule has 0 aliphatic rings. The molecule has 0 atom stereocenters. The molecule has 0 radical (unpaired) electrons. The smallest absolute Gasteiger partial charge is 0.262 e. The summed E-state index contributed by atoms with van der Waals surface area (Å²) in [5.74, 6) is 0.798. The van der Waals surface area contributed by atoms with Crippen molar-refractivity contribution in [1.82, 2.24) is 15.2 Å². The van der Waals surface area contributed by atoms with Gasteiger partial charge in [0, 0.05) is 6.07 Å². The first-order chi connectivity index (χ1) is 9.12. The molecule has 0 unspecified atom stereocenters. The number of halogens is 2. The number of methoxy groups -OCH3 is 1. The predicted octanol–water partition coefficient (Wildman–Crippen LogP) is 2.85. The Hall–Kier alpha value is -2.10. The zero-order valence-corrected chi connectivity index (χ0v) is 11.1. The van der Waals surface area contributed by atoms with Gasteiger partial charge in [-0.25, -0.2) is 0 Å². The van der Waals surface area contributed by atoms with Crippen LogP contribution in [0.5, 0.6) is 17.4 Å². The molecule has 96 valence electrons. The fourth-order valence-electron chi connectivity index (χ4n) is 1.27. The molecule has 0 saturated carbocycles. The topological polar surface area (TPSA) is 80.9 Å². The Bertz CT molecular complexity index is 658. The molecule has 2 rings (SSSR count). The van der Waals surface area contributed by atoms with E-state index in [9.17, 15) is 0 Å². The van der Waals surface area contributed by atoms with Crippen molar-refractivity contribution in [2.45, 2.75) is 0 Å². The van der Waals surface area contributed by atoms with E-state index in [0.717, 1.165) is 0 Å². The van der Waals surface area contributed by atoms with Crippen molar-refractivity contribution in [3.8, 4) is 23.4 Å². The Morgan fingerprint density at radius 1 is 1.16 bits per heavy atom. The van der Waals surface area contributed by atoms with E-state index in [4.69, 9.17) is 37.9 Å². The lowest BCUT2D eigenvalue weighted by Gasteiger charge is -2.07. The minimum atomic E-state index is -0.0946. The fraction of sp³-hybridized carbons (Fsp3) is 0.0909. The highest BCUT2D eigenvalue weighted by Crippen LogP contribution is 2.29. The molecule has 1 aromatic carbocycles. The summed E-state index contributed by atoms with van der Waals surface area (Å²) in [6.45, 7) is 0. The summed E-state index contributed by atoms with van der Waals surface area (Å²) in [7, 11) is 1.48. The van der Waals surface area contributed by atoms with Crippen LogP contribution in [0.4, 0.5) is 0 Å². The Morgan fingerprint density at radius 3 is 2.58 bits per heavy atom. The standard InChI is InChI=1S/C11H6Cl2N4O2/c1-18-7-2-6(5-14)3-8(4-7)19-10-9(12)16-17-11(13)15-10/h2-4H,1H3. The normalized spacial score (nSPS) is 9.79. The van der Waals surface area contributed by atoms with Gasteiger partial charge in [-0.05, 0) is 23.7 Å². The quantitative estimate of drug-likeness (QED) is 0.866. The molecule has 0 bridgehead atoms. The fourth-order valence-corrected chi connectivity index (χ4v) is 1.50. The number of ether oxygens (including phenoxy) is 2. The third-order valence-corrected chi connectivity index (χ3v) is 2.45. The van der Waals surface area contributed by atoms with Gasteiger partial charge < -0.3 is 9.47 Å². The van der Waals surface area contributed by atoms with Crippen LogP contribution in [0, 0.1) is 11.3 Å². The van der Waals surface area contributed by atoms with E-state index in [0.29, 0.717) is 17.1 Å². The number of nitriles is 1. The van der Waals surface area contributed by atoms with Crippen LogP contribution >= 0.6 is 23.2 Å². The molecule has 0 aliphatic heterocycles. The number of aromatic nitrogens is 3. The molecule has 1 heterocycles. The second-order valence-corrected chi connectivity index (χ2v) is 3.98. The lowest BCUT2D eigenvalue weighted by atomic mass is 10.2. The Morgan fingerprint density at radius 2 is 1.89 bits per heavy atom. The average molecular weight is 297 g/mol. The van der Waals surface area contributed by atoms with Gasteiger partial charge in [0.1, 0.15) is 11.5 Å². The molecule has 0 fully saturated rings. The maximum atomic E-state index is 8.90. The van der Waals surface area contributed by atoms with Crippen molar-refractivity contribution >= 4 is 23.2 Å². The van der Waals surface area contributed by atoms with E-state index in [2.05, 4.69) is 15.2 Å². The summed E-state index contributed by atoms with van der Waals surface area (Å²) in [6.07, 6.45) is 0. The molecular weight excluding hydrogens is 291 g/mol. The minimum absolute atomic E-state index is 0.00110. The third kappa shape index (κ3) is 3.22. The summed E-state index contributed by atoms with van der Waals surface area (Å²) < 4.78 is 10.5. The van der Waals surface area contributed by atoms with Crippen LogP contribution in [0.3, 0.4) is 0 Å². The Kier molecular flexibility index (Phi) is 4.00. The van der Waals surface area contributed by atoms with Gasteiger partial charge in [-0.1, -0.05) is 11.6 Å². The van der Waals surface area contributed by atoms with E-state index in [-0.39, 0.29) is 16.3 Å². The molecule has 0 aliphatic carbocycles. The molecule has 0 spiro atoms. The van der Waals surface area contributed by atoms with Gasteiger partial charge in [-0.2, -0.15) is 10.2 Å². The van der Waals surface area contributed by atoms with E-state index in [1.165, 1.54) is 13.2 Å². The van der Waals surface area contributed by atoms with Crippen LogP contribution in [0.2, 0.25) is 10.4 Å². The van der Waals surface area contributed by atoms with Crippen LogP contribution in [0.25, 0.3) is 0 Å². The van der Waals surface area contributed by atoms with Crippen molar-refractivity contribution in [2.24, 2.45) is 0 Å². The van der Waals surface area contributed by atoms with Gasteiger partial charge in [0.2, 0.25) is 10.4 Å². The first kappa shape index (κ1) is 13.3. The van der Waals surface area contributed by atoms with Crippen molar-refractivity contribution in [1.29, 1.82) is 5.26 Å². The maximum Gasteiger partial charge on any atom is 0.262 e. The van der Waals surface area contributed by atoms with Crippen LogP contribution in [0.1, 0.15) is 5.56 Å². The predicted molar refractivity (Wildman–Crippen MR) is 67.6 cm³/mol. The monoisotopic (exact) mass is 296 g/mol. The summed E-state index contributed by atoms with van der Waals surface area (Å²) in [4.78, 5) is 3.79. The van der Waals surface area contributed by atoms with Crippen molar-refractivity contribution in [3.63, 3.8) is 0 Å². The molecule has 19 heavy (non-hydrogen) atoms. The van der Waals surface area contributed by atoms with Gasteiger partial charge >= 0.3 is 0 Å². The van der Waals surface area contributed by atoms with Gasteiger partial charge in [0.25, 0.3) is 5.88 Å². The molecule has 6 nitrogen and oxygen atoms in total. The van der Waals surface area contributed by atoms with Crippen molar-refractivity contribution in [2.75, 3.05) is 7.11 Å². The molecule has 1 aromatic heterocycles. The summed E-state index contributed by atoms with van der Waals surface area (Å²) >= 11 is 11.4. The van der Waals surface area contributed by atoms with Crippen LogP contribution in [-0.4, -0.2) is 22.3 Å². The first-order valence-corrected chi connectivity index (χ1v) is 5.70. The lowest BCUT2D eigenvalue weighted by molar-refractivity contribution is 0.406. The highest BCUT2D eigenvalue weighted by Gasteiger charge is 2.10. The largest absolute Gasteiger partial charge is 0.497 e. The number of rotatable bonds is 3. The second kappa shape index (κ2) is 5.69. The van der Waals surface area contributed by atoms with E-state index in [1.54, 1.807) is 12.1 Å². The maximum absolute atomic E-state index is 8.90. The van der Waals surface area contributed by atoms with Gasteiger partial charge in [-0.3, -0.25) is 0 Å². The van der Waals surface area contributed by atoms with E-state index < -0.39 is 0 Å². The molecular formula is C11H6Cl2N4O2. The first-order valence-electron chi connectivity index (χ1n) is 4.95. The summed E-state index contributed by atoms with van der Waals surface area (Å²) in [5.41, 5.74) is 0.374. The summed E-state index contributed by atoms with van der Waals surface area (Å²) in [5, 5.41) is 15.8. The molecule has 0 saturated heterocycles. The number of benzene rings is 1. The van der Waals surface area contributed by atoms with E-state index in [1.807, 2.05) is 6.07 Å². The van der Waals surface area contributed by atoms with E-state index >= 15 is 0 Å². The highest BCUT2D eigenvalue weighted by molar-refractivity contribution is 6.31. The number of nitrogens with zero attached hydrogens (tertiary/aromatic N) is 4. The van der Waals surface area contributed by atoms with Gasteiger partial charge in [0.15, 0.2) is 0 Å². The van der Waals surface area contributed by atoms with Crippen LogP contribution < -0.4 is 9.47 Å². The molecule has 0 N–H and O–H groups in total. The second-order valence-electron chi connectivity index (χ2n) is 3.29. The zero-order chi connectivity index (χ0) is 13.8. The third-order valence-electron chi connectivity index (χ3n) is 2.05. The lowest BCUT2D eigenvalue weighted by Crippen LogP contribution is -1.95. The highest BCUT2D eigenvalue weighted by atomic mass is 35.5. The zero-order valence-electron chi connectivity index (χ0n) is 9.59. The SMILES string of the molecule is COc1cc(C#N)cc(Oc2nc(Cl)nnc2Cl)c1. The van der Waals surface area contributed by atoms with Crippen molar-refractivity contribution in [3.05, 3.63) is 34.2 Å². The Balaban J connectivity index is 2.38. The average Bonchev–Trinajstić information content (AvgIpc) is 2.42. The summed E-state index contributed by atoms with van der Waals surface area (Å²) in [6, 6.07) is 6.64. The molecule has 8 heteroatoms. The minimum Gasteiger partial charge on any atom is -0.497 e. The Labute approximate surface area is 118 Å². The van der Waals surface area contributed by atoms with Crippen molar-refractivity contribution < 1.29 is 9.47 Å². The van der Waals surface area contributed by atoms with Crippen LogP contribution in [-0.2, 0) is 0 Å². The molecule has 0 amide bonds. The number of hydrogen-bond donors (Lipinski definition) is 0. The molecule has 2 aromatic rings. The van der Waals surface area contributed by atoms with Gasteiger partial charge in [-0.15, -0.1) is 10.2 Å². The number of hydrogen-bond acceptors (Lipinski definition) is 6.